The first kappa shape index (κ1) is 13.8. The van der Waals surface area contributed by atoms with Gasteiger partial charge in [0, 0.05) is 6.20 Å². The highest BCUT2D eigenvalue weighted by atomic mass is 35.5. The van der Waals surface area contributed by atoms with Crippen molar-refractivity contribution in [2.45, 2.75) is 0 Å². The summed E-state index contributed by atoms with van der Waals surface area (Å²) in [5, 5.41) is 18.5. The van der Waals surface area contributed by atoms with Crippen molar-refractivity contribution in [2.75, 3.05) is 6.61 Å². The second kappa shape index (κ2) is 5.89. The van der Waals surface area contributed by atoms with E-state index in [9.17, 15) is 19.7 Å². The van der Waals surface area contributed by atoms with E-state index >= 15 is 0 Å². The molecule has 0 aliphatic heterocycles. The molecule has 0 aromatic carbocycles. The van der Waals surface area contributed by atoms with E-state index in [4.69, 9.17) is 16.7 Å². The van der Waals surface area contributed by atoms with Crippen molar-refractivity contribution >= 4 is 29.2 Å². The van der Waals surface area contributed by atoms with Gasteiger partial charge in [0.1, 0.15) is 5.56 Å². The molecular weight excluding hydrogens is 270 g/mol. The van der Waals surface area contributed by atoms with Crippen LogP contribution in [0.5, 0.6) is 0 Å². The van der Waals surface area contributed by atoms with Crippen molar-refractivity contribution in [1.82, 2.24) is 10.5 Å². The van der Waals surface area contributed by atoms with Crippen LogP contribution in [-0.4, -0.2) is 33.5 Å². The maximum Gasteiger partial charge on any atom is 0.332 e. The van der Waals surface area contributed by atoms with Crippen LogP contribution in [0.3, 0.4) is 0 Å². The number of nitro groups is 1. The zero-order valence-electron chi connectivity index (χ0n) is 8.62. The van der Waals surface area contributed by atoms with Gasteiger partial charge in [-0.15, -0.1) is 0 Å². The lowest BCUT2D eigenvalue weighted by molar-refractivity contribution is -0.385. The predicted octanol–water partition coefficient (Wildman–Crippen LogP) is 0.389. The summed E-state index contributed by atoms with van der Waals surface area (Å²) in [6.45, 7) is -0.779. The SMILES string of the molecule is O=C(O)CONC(=O)c1ccnc(Cl)c1[N+](=O)[O-]. The number of nitrogens with zero attached hydrogens (tertiary/aromatic N) is 2. The fourth-order valence-electron chi connectivity index (χ4n) is 1.00. The number of hydrogen-bond acceptors (Lipinski definition) is 6. The highest BCUT2D eigenvalue weighted by Gasteiger charge is 2.24. The summed E-state index contributed by atoms with van der Waals surface area (Å²) in [6, 6.07) is 1.06. The molecule has 0 saturated heterocycles. The number of aliphatic carboxylic acids is 1. The van der Waals surface area contributed by atoms with Crippen LogP contribution in [0.1, 0.15) is 10.4 Å². The zero-order chi connectivity index (χ0) is 13.7. The Morgan fingerprint density at radius 3 is 2.83 bits per heavy atom. The summed E-state index contributed by atoms with van der Waals surface area (Å²) in [7, 11) is 0. The topological polar surface area (TPSA) is 132 Å². The molecule has 1 aromatic heterocycles. The molecular formula is C8H6ClN3O6. The highest BCUT2D eigenvalue weighted by Crippen LogP contribution is 2.25. The van der Waals surface area contributed by atoms with E-state index in [1.807, 2.05) is 0 Å². The Hall–Kier alpha value is -2.26. The lowest BCUT2D eigenvalue weighted by Gasteiger charge is -2.04. The number of rotatable bonds is 5. The number of pyridine rings is 1. The standard InChI is InChI=1S/C8H6ClN3O6/c9-7-6(12(16)17)4(1-2-10-7)8(15)11-18-3-5(13)14/h1-2H,3H2,(H,11,15)(H,13,14). The first-order valence-electron chi connectivity index (χ1n) is 4.36. The van der Waals surface area contributed by atoms with Crippen molar-refractivity contribution in [3.63, 3.8) is 0 Å². The minimum Gasteiger partial charge on any atom is -0.479 e. The molecule has 1 amide bonds. The molecule has 0 radical (unpaired) electrons. The van der Waals surface area contributed by atoms with Gasteiger partial charge in [-0.05, 0) is 6.07 Å². The number of carbonyl (C=O) groups excluding carboxylic acids is 1. The summed E-state index contributed by atoms with van der Waals surface area (Å²) < 4.78 is 0. The largest absolute Gasteiger partial charge is 0.479 e. The number of hydroxylamine groups is 1. The lowest BCUT2D eigenvalue weighted by Crippen LogP contribution is -2.27. The zero-order valence-corrected chi connectivity index (χ0v) is 9.38. The molecule has 1 heterocycles. The Morgan fingerprint density at radius 2 is 2.28 bits per heavy atom. The van der Waals surface area contributed by atoms with Crippen molar-refractivity contribution in [1.29, 1.82) is 0 Å². The summed E-state index contributed by atoms with van der Waals surface area (Å²) in [5.74, 6) is -2.30. The molecule has 0 aliphatic carbocycles. The Kier molecular flexibility index (Phi) is 4.52. The molecule has 0 fully saturated rings. The van der Waals surface area contributed by atoms with Gasteiger partial charge in [0.2, 0.25) is 5.15 Å². The minimum atomic E-state index is -1.31. The van der Waals surface area contributed by atoms with Gasteiger partial charge in [-0.2, -0.15) is 0 Å². The molecule has 0 unspecified atom stereocenters. The molecule has 2 N–H and O–H groups in total. The Morgan fingerprint density at radius 1 is 1.61 bits per heavy atom. The van der Waals surface area contributed by atoms with Crippen LogP contribution in [0, 0.1) is 10.1 Å². The molecule has 0 saturated carbocycles. The Labute approximate surface area is 104 Å². The van der Waals surface area contributed by atoms with Crippen LogP contribution in [0.4, 0.5) is 5.69 Å². The summed E-state index contributed by atoms with van der Waals surface area (Å²) >= 11 is 5.49. The van der Waals surface area contributed by atoms with Crippen molar-refractivity contribution < 1.29 is 24.5 Å². The number of hydrogen-bond donors (Lipinski definition) is 2. The summed E-state index contributed by atoms with van der Waals surface area (Å²) in [5.41, 5.74) is 0.674. The second-order valence-corrected chi connectivity index (χ2v) is 3.23. The Balaban J connectivity index is 2.89. The molecule has 18 heavy (non-hydrogen) atoms. The van der Waals surface area contributed by atoms with Crippen LogP contribution >= 0.6 is 11.6 Å². The van der Waals surface area contributed by atoms with E-state index in [0.29, 0.717) is 0 Å². The highest BCUT2D eigenvalue weighted by molar-refractivity contribution is 6.32. The van der Waals surface area contributed by atoms with E-state index in [0.717, 1.165) is 12.3 Å². The monoisotopic (exact) mass is 275 g/mol. The third kappa shape index (κ3) is 3.37. The molecule has 0 aliphatic rings. The van der Waals surface area contributed by atoms with Crippen LogP contribution in [-0.2, 0) is 9.63 Å². The first-order valence-corrected chi connectivity index (χ1v) is 4.74. The van der Waals surface area contributed by atoms with Crippen LogP contribution in [0.25, 0.3) is 0 Å². The van der Waals surface area contributed by atoms with Gasteiger partial charge in [0.05, 0.1) is 4.92 Å². The fraction of sp³-hybridized carbons (Fsp3) is 0.125. The minimum absolute atomic E-state index is 0.384. The summed E-state index contributed by atoms with van der Waals surface area (Å²) in [6.07, 6.45) is 1.10. The molecule has 1 rings (SSSR count). The van der Waals surface area contributed by atoms with Crippen LogP contribution < -0.4 is 5.48 Å². The van der Waals surface area contributed by atoms with Crippen molar-refractivity contribution in [3.05, 3.63) is 33.1 Å². The molecule has 10 heteroatoms. The first-order chi connectivity index (χ1) is 8.43. The van der Waals surface area contributed by atoms with Gasteiger partial charge in [-0.3, -0.25) is 19.7 Å². The number of amides is 1. The average Bonchev–Trinajstić information content (AvgIpc) is 2.27. The smallest absolute Gasteiger partial charge is 0.332 e. The van der Waals surface area contributed by atoms with Gasteiger partial charge in [-0.1, -0.05) is 11.6 Å². The molecule has 0 atom stereocenters. The lowest BCUT2D eigenvalue weighted by atomic mass is 10.2. The number of halogens is 1. The number of aromatic nitrogens is 1. The van der Waals surface area contributed by atoms with Gasteiger partial charge >= 0.3 is 11.7 Å². The molecule has 96 valence electrons. The van der Waals surface area contributed by atoms with Gasteiger partial charge in [0.15, 0.2) is 6.61 Å². The Bertz CT molecular complexity index is 506. The molecule has 9 nitrogen and oxygen atoms in total. The van der Waals surface area contributed by atoms with E-state index in [1.54, 1.807) is 5.48 Å². The van der Waals surface area contributed by atoms with Crippen molar-refractivity contribution in [3.8, 4) is 0 Å². The third-order valence-corrected chi connectivity index (χ3v) is 1.94. The van der Waals surface area contributed by atoms with E-state index in [-0.39, 0.29) is 5.56 Å². The quantitative estimate of drug-likeness (QED) is 0.451. The van der Waals surface area contributed by atoms with Crippen LogP contribution in [0.2, 0.25) is 5.15 Å². The maximum atomic E-state index is 11.5. The van der Waals surface area contributed by atoms with Crippen molar-refractivity contribution in [2.24, 2.45) is 0 Å². The predicted molar refractivity (Wildman–Crippen MR) is 57.0 cm³/mol. The average molecular weight is 276 g/mol. The maximum absolute atomic E-state index is 11.5. The molecule has 0 bridgehead atoms. The molecule has 0 spiro atoms. The number of carboxylic acid groups (broad SMARTS) is 1. The van der Waals surface area contributed by atoms with E-state index in [2.05, 4.69) is 9.82 Å². The molecule has 1 aromatic rings. The summed E-state index contributed by atoms with van der Waals surface area (Å²) in [4.78, 5) is 39.2. The second-order valence-electron chi connectivity index (χ2n) is 2.87. The van der Waals surface area contributed by atoms with Gasteiger partial charge in [-0.25, -0.2) is 15.3 Å². The fourth-order valence-corrected chi connectivity index (χ4v) is 1.23. The number of carboxylic acids is 1. The normalized spacial score (nSPS) is 9.83. The van der Waals surface area contributed by atoms with Gasteiger partial charge < -0.3 is 5.11 Å². The number of carbonyl (C=O) groups is 2. The number of nitrogens with one attached hydrogen (secondary N) is 1. The van der Waals surface area contributed by atoms with Crippen LogP contribution in [0.15, 0.2) is 12.3 Å². The third-order valence-electron chi connectivity index (χ3n) is 1.67. The van der Waals surface area contributed by atoms with E-state index in [1.165, 1.54) is 0 Å². The van der Waals surface area contributed by atoms with Gasteiger partial charge in [0.25, 0.3) is 5.91 Å². The van der Waals surface area contributed by atoms with E-state index < -0.39 is 34.2 Å².